The highest BCUT2D eigenvalue weighted by Crippen LogP contribution is 2.45. The molecule has 0 aliphatic carbocycles. The van der Waals surface area contributed by atoms with E-state index in [9.17, 15) is 16.8 Å². The van der Waals surface area contributed by atoms with Crippen LogP contribution in [0.25, 0.3) is 0 Å². The highest BCUT2D eigenvalue weighted by molar-refractivity contribution is 7.88. The summed E-state index contributed by atoms with van der Waals surface area (Å²) >= 11 is 0. The van der Waals surface area contributed by atoms with Crippen molar-refractivity contribution < 1.29 is 30.1 Å². The molecule has 12 heteroatoms. The summed E-state index contributed by atoms with van der Waals surface area (Å²) in [4.78, 5) is 0. The van der Waals surface area contributed by atoms with E-state index in [0.29, 0.717) is 19.8 Å². The van der Waals surface area contributed by atoms with Gasteiger partial charge in [-0.25, -0.2) is 21.1 Å². The van der Waals surface area contributed by atoms with Crippen molar-refractivity contribution in [2.24, 2.45) is 5.92 Å². The molecule has 0 aliphatic rings. The fourth-order valence-corrected chi connectivity index (χ4v) is 10.9. The standard InChI is InChI=1S/C21H48N2O7S2Si/c1-14-28-33(29-15-2,30-16-3)18(5)17(4)20(7,8)23(32(13,26)27)21(9,10)19(6)22(11)31(12,24)25/h17-19H,14-16H2,1-13H3. The van der Waals surface area contributed by atoms with E-state index in [1.807, 2.05) is 48.5 Å². The minimum atomic E-state index is -3.76. The van der Waals surface area contributed by atoms with Crippen molar-refractivity contribution in [3.05, 3.63) is 0 Å². The van der Waals surface area contributed by atoms with Gasteiger partial charge in [0.25, 0.3) is 0 Å². The van der Waals surface area contributed by atoms with Gasteiger partial charge in [-0.2, -0.15) is 4.31 Å². The van der Waals surface area contributed by atoms with Crippen LogP contribution in [0, 0.1) is 5.92 Å². The zero-order valence-corrected chi connectivity index (χ0v) is 25.6. The molecule has 0 aromatic heterocycles. The fourth-order valence-electron chi connectivity index (χ4n) is 4.73. The van der Waals surface area contributed by atoms with Gasteiger partial charge in [-0.15, -0.1) is 0 Å². The van der Waals surface area contributed by atoms with E-state index < -0.39 is 46.0 Å². The van der Waals surface area contributed by atoms with Crippen molar-refractivity contribution in [3.63, 3.8) is 0 Å². The third-order valence-corrected chi connectivity index (χ3v) is 13.6. The zero-order chi connectivity index (χ0) is 26.6. The Kier molecular flexibility index (Phi) is 11.7. The molecule has 0 N–H and O–H groups in total. The lowest BCUT2D eigenvalue weighted by molar-refractivity contribution is 0.0106. The monoisotopic (exact) mass is 532 g/mol. The maximum atomic E-state index is 13.2. The van der Waals surface area contributed by atoms with Crippen LogP contribution in [0.1, 0.15) is 69.2 Å². The second-order valence-electron chi connectivity index (χ2n) is 9.77. The van der Waals surface area contributed by atoms with Crippen LogP contribution in [0.4, 0.5) is 0 Å². The lowest BCUT2D eigenvalue weighted by atomic mass is 9.82. The summed E-state index contributed by atoms with van der Waals surface area (Å²) < 4.78 is 71.9. The summed E-state index contributed by atoms with van der Waals surface area (Å²) in [6.07, 6.45) is 2.28. The third-order valence-electron chi connectivity index (χ3n) is 6.93. The van der Waals surface area contributed by atoms with Gasteiger partial charge in [-0.3, -0.25) is 0 Å². The maximum absolute atomic E-state index is 13.2. The molecular formula is C21H48N2O7S2Si. The van der Waals surface area contributed by atoms with Crippen LogP contribution in [-0.4, -0.2) is 90.8 Å². The first-order valence-electron chi connectivity index (χ1n) is 11.5. The molecule has 0 radical (unpaired) electrons. The van der Waals surface area contributed by atoms with E-state index in [1.165, 1.54) is 21.9 Å². The molecule has 0 aliphatic heterocycles. The second-order valence-corrected chi connectivity index (χ2v) is 16.6. The molecule has 200 valence electrons. The maximum Gasteiger partial charge on any atom is 0.504 e. The molecule has 3 unspecified atom stereocenters. The van der Waals surface area contributed by atoms with E-state index >= 15 is 0 Å². The van der Waals surface area contributed by atoms with Gasteiger partial charge in [0.15, 0.2) is 0 Å². The van der Waals surface area contributed by atoms with Gasteiger partial charge in [-0.05, 0) is 61.3 Å². The molecule has 0 rings (SSSR count). The Morgan fingerprint density at radius 3 is 1.39 bits per heavy atom. The van der Waals surface area contributed by atoms with Gasteiger partial charge in [0.1, 0.15) is 0 Å². The Morgan fingerprint density at radius 1 is 0.758 bits per heavy atom. The Hall–Kier alpha value is -0.0831. The van der Waals surface area contributed by atoms with Crippen molar-refractivity contribution in [3.8, 4) is 0 Å². The number of rotatable bonds is 15. The summed E-state index contributed by atoms with van der Waals surface area (Å²) in [7, 11) is -8.97. The number of likely N-dealkylation sites (N-methyl/N-ethyl adjacent to an activating group) is 1. The Labute approximate surface area is 204 Å². The van der Waals surface area contributed by atoms with Crippen LogP contribution in [0.5, 0.6) is 0 Å². The van der Waals surface area contributed by atoms with E-state index in [2.05, 4.69) is 0 Å². The molecule has 0 saturated heterocycles. The van der Waals surface area contributed by atoms with E-state index in [-0.39, 0.29) is 11.5 Å². The molecular weight excluding hydrogens is 484 g/mol. The molecule has 0 spiro atoms. The largest absolute Gasteiger partial charge is 0.504 e. The molecule has 0 fully saturated rings. The van der Waals surface area contributed by atoms with Gasteiger partial charge in [0.2, 0.25) is 20.0 Å². The Morgan fingerprint density at radius 2 is 1.12 bits per heavy atom. The van der Waals surface area contributed by atoms with Crippen molar-refractivity contribution in [2.45, 2.75) is 91.9 Å². The molecule has 33 heavy (non-hydrogen) atoms. The Bertz CT molecular complexity index is 815. The first-order chi connectivity index (χ1) is 14.7. The van der Waals surface area contributed by atoms with Gasteiger partial charge < -0.3 is 13.3 Å². The van der Waals surface area contributed by atoms with Crippen LogP contribution in [0.2, 0.25) is 5.54 Å². The molecule has 0 aromatic carbocycles. The Balaban J connectivity index is 6.68. The van der Waals surface area contributed by atoms with Gasteiger partial charge in [-0.1, -0.05) is 13.8 Å². The second kappa shape index (κ2) is 11.8. The summed E-state index contributed by atoms with van der Waals surface area (Å²) in [5.74, 6) is -0.251. The quantitative estimate of drug-likeness (QED) is 0.299. The SMILES string of the molecule is CCO[Si](OCC)(OCC)C(C)C(C)C(C)(C)N(C(C)(C)C(C)N(C)S(C)(=O)=O)S(C)(=O)=O. The predicted octanol–water partition coefficient (Wildman–Crippen LogP) is 3.16. The summed E-state index contributed by atoms with van der Waals surface area (Å²) in [6.45, 7) is 19.9. The van der Waals surface area contributed by atoms with E-state index in [0.717, 1.165) is 6.26 Å². The van der Waals surface area contributed by atoms with Crippen molar-refractivity contribution in [1.82, 2.24) is 8.61 Å². The summed E-state index contributed by atoms with van der Waals surface area (Å²) in [5, 5.41) is 0. The number of nitrogens with zero attached hydrogens (tertiary/aromatic N) is 2. The molecule has 3 atom stereocenters. The lowest BCUT2D eigenvalue weighted by Crippen LogP contribution is -2.68. The zero-order valence-electron chi connectivity index (χ0n) is 22.9. The topological polar surface area (TPSA) is 102 Å². The molecule has 0 saturated carbocycles. The minimum absolute atomic E-state index is 0.227. The van der Waals surface area contributed by atoms with Crippen LogP contribution in [0.15, 0.2) is 0 Å². The average molecular weight is 533 g/mol. The van der Waals surface area contributed by atoms with E-state index in [4.69, 9.17) is 13.3 Å². The average Bonchev–Trinajstić information content (AvgIpc) is 2.63. The van der Waals surface area contributed by atoms with Crippen LogP contribution >= 0.6 is 0 Å². The highest BCUT2D eigenvalue weighted by Gasteiger charge is 2.57. The molecule has 9 nitrogen and oxygen atoms in total. The molecule has 0 amide bonds. The number of hydrogen-bond acceptors (Lipinski definition) is 7. The van der Waals surface area contributed by atoms with Gasteiger partial charge in [0, 0.05) is 49.5 Å². The summed E-state index contributed by atoms with van der Waals surface area (Å²) in [5.41, 5.74) is -2.21. The smallest absolute Gasteiger partial charge is 0.374 e. The van der Waals surface area contributed by atoms with Crippen LogP contribution in [-0.2, 0) is 33.3 Å². The highest BCUT2D eigenvalue weighted by atomic mass is 32.2. The fraction of sp³-hybridized carbons (Fsp3) is 1.00. The van der Waals surface area contributed by atoms with Crippen molar-refractivity contribution >= 4 is 28.9 Å². The van der Waals surface area contributed by atoms with Crippen LogP contribution in [0.3, 0.4) is 0 Å². The molecule has 0 aromatic rings. The van der Waals surface area contributed by atoms with E-state index in [1.54, 1.807) is 20.8 Å². The predicted molar refractivity (Wildman–Crippen MR) is 136 cm³/mol. The first-order valence-corrected chi connectivity index (χ1v) is 17.0. The van der Waals surface area contributed by atoms with Crippen molar-refractivity contribution in [2.75, 3.05) is 39.4 Å². The number of sulfonamides is 2. The summed E-state index contributed by atoms with van der Waals surface area (Å²) in [6, 6.07) is -0.628. The third kappa shape index (κ3) is 7.45. The molecule has 0 bridgehead atoms. The van der Waals surface area contributed by atoms with Gasteiger partial charge in [0.05, 0.1) is 12.5 Å². The van der Waals surface area contributed by atoms with Crippen LogP contribution < -0.4 is 0 Å². The molecule has 0 heterocycles. The first kappa shape index (κ1) is 32.9. The van der Waals surface area contributed by atoms with Gasteiger partial charge >= 0.3 is 8.80 Å². The minimum Gasteiger partial charge on any atom is -0.374 e. The normalized spacial score (nSPS) is 17.4. The number of hydrogen-bond donors (Lipinski definition) is 0. The lowest BCUT2D eigenvalue weighted by Gasteiger charge is -2.54. The van der Waals surface area contributed by atoms with Crippen molar-refractivity contribution in [1.29, 1.82) is 0 Å².